The molecule has 2 atom stereocenters. The molecule has 0 spiro atoms. The number of rotatable bonds is 4. The van der Waals surface area contributed by atoms with Crippen LogP contribution in [0.5, 0.6) is 0 Å². The Morgan fingerprint density at radius 1 is 1.56 bits per heavy atom. The predicted molar refractivity (Wildman–Crippen MR) is 66.1 cm³/mol. The number of hydrogen-bond acceptors (Lipinski definition) is 5. The molecule has 0 aromatic heterocycles. The van der Waals surface area contributed by atoms with Crippen LogP contribution in [-0.2, 0) is 14.3 Å². The summed E-state index contributed by atoms with van der Waals surface area (Å²) in [6.45, 7) is 5.25. The lowest BCUT2D eigenvalue weighted by Crippen LogP contribution is -2.59. The van der Waals surface area contributed by atoms with Crippen molar-refractivity contribution in [1.82, 2.24) is 4.90 Å². The molecule has 1 saturated heterocycles. The van der Waals surface area contributed by atoms with Gasteiger partial charge in [0, 0.05) is 13.1 Å². The van der Waals surface area contributed by atoms with Crippen LogP contribution in [0.25, 0.3) is 0 Å². The molecule has 1 aliphatic heterocycles. The Bertz CT molecular complexity index is 314. The van der Waals surface area contributed by atoms with Crippen molar-refractivity contribution in [1.29, 1.82) is 0 Å². The topological polar surface area (TPSA) is 59.0 Å². The molecule has 0 bridgehead atoms. The second-order valence-corrected chi connectivity index (χ2v) is 5.92. The van der Waals surface area contributed by atoms with E-state index in [9.17, 15) is 9.90 Å². The number of carbonyl (C=O) groups is 1. The highest BCUT2D eigenvalue weighted by Crippen LogP contribution is 2.37. The quantitative estimate of drug-likeness (QED) is 0.739. The van der Waals surface area contributed by atoms with Gasteiger partial charge in [-0.25, -0.2) is 0 Å². The minimum absolute atomic E-state index is 0.0154. The van der Waals surface area contributed by atoms with E-state index in [-0.39, 0.29) is 30.3 Å². The minimum atomic E-state index is -0.340. The van der Waals surface area contributed by atoms with Crippen LogP contribution in [0, 0.1) is 5.92 Å². The highest BCUT2D eigenvalue weighted by atomic mass is 16.5. The highest BCUT2D eigenvalue weighted by Gasteiger charge is 2.45. The molecule has 2 aliphatic rings. The van der Waals surface area contributed by atoms with E-state index in [1.807, 2.05) is 13.8 Å². The largest absolute Gasteiger partial charge is 0.468 e. The molecule has 18 heavy (non-hydrogen) atoms. The molecule has 104 valence electrons. The van der Waals surface area contributed by atoms with Crippen LogP contribution in [0.4, 0.5) is 0 Å². The molecule has 0 amide bonds. The van der Waals surface area contributed by atoms with Crippen molar-refractivity contribution in [2.45, 2.75) is 44.4 Å². The zero-order valence-electron chi connectivity index (χ0n) is 11.4. The van der Waals surface area contributed by atoms with Crippen molar-refractivity contribution < 1.29 is 19.4 Å². The van der Waals surface area contributed by atoms with Crippen LogP contribution in [0.1, 0.15) is 26.7 Å². The standard InChI is InChI=1S/C13H23NO4/c1-13(2)8-14(6-10(7-15)18-13)11(9-4-5-9)12(16)17-3/h9-11,15H,4-8H2,1-3H3. The Kier molecular flexibility index (Phi) is 3.94. The lowest BCUT2D eigenvalue weighted by molar-refractivity contribution is -0.172. The third-order valence-corrected chi connectivity index (χ3v) is 3.62. The summed E-state index contributed by atoms with van der Waals surface area (Å²) in [6.07, 6.45) is 1.95. The summed E-state index contributed by atoms with van der Waals surface area (Å²) in [4.78, 5) is 14.1. The Morgan fingerprint density at radius 2 is 2.22 bits per heavy atom. The Morgan fingerprint density at radius 3 is 2.72 bits per heavy atom. The van der Waals surface area contributed by atoms with E-state index in [1.54, 1.807) is 0 Å². The third kappa shape index (κ3) is 3.02. The molecule has 1 saturated carbocycles. The number of morpholine rings is 1. The minimum Gasteiger partial charge on any atom is -0.468 e. The number of carbonyl (C=O) groups excluding carboxylic acids is 1. The SMILES string of the molecule is COC(=O)C(C1CC1)N1CC(CO)OC(C)(C)C1. The van der Waals surface area contributed by atoms with Crippen LogP contribution in [0.15, 0.2) is 0 Å². The van der Waals surface area contributed by atoms with Crippen LogP contribution >= 0.6 is 0 Å². The summed E-state index contributed by atoms with van der Waals surface area (Å²) in [7, 11) is 1.44. The van der Waals surface area contributed by atoms with E-state index in [0.29, 0.717) is 19.0 Å². The number of aliphatic hydroxyl groups excluding tert-OH is 1. The molecule has 0 radical (unpaired) electrons. The molecular weight excluding hydrogens is 234 g/mol. The first-order valence-corrected chi connectivity index (χ1v) is 6.57. The lowest BCUT2D eigenvalue weighted by atomic mass is 10.0. The van der Waals surface area contributed by atoms with Gasteiger partial charge in [0.05, 0.1) is 25.4 Å². The summed E-state index contributed by atoms with van der Waals surface area (Å²) in [5, 5.41) is 9.30. The van der Waals surface area contributed by atoms with Crippen molar-refractivity contribution in [3.8, 4) is 0 Å². The molecule has 2 rings (SSSR count). The zero-order valence-corrected chi connectivity index (χ0v) is 11.4. The van der Waals surface area contributed by atoms with E-state index in [0.717, 1.165) is 12.8 Å². The fourth-order valence-corrected chi connectivity index (χ4v) is 2.82. The average Bonchev–Trinajstić information content (AvgIpc) is 3.11. The van der Waals surface area contributed by atoms with Gasteiger partial charge < -0.3 is 14.6 Å². The van der Waals surface area contributed by atoms with Gasteiger partial charge in [-0.1, -0.05) is 0 Å². The Labute approximate surface area is 108 Å². The first-order chi connectivity index (χ1) is 8.46. The molecule has 5 nitrogen and oxygen atoms in total. The van der Waals surface area contributed by atoms with E-state index < -0.39 is 0 Å². The summed E-state index contributed by atoms with van der Waals surface area (Å²) in [6, 6.07) is -0.174. The maximum absolute atomic E-state index is 11.9. The fourth-order valence-electron chi connectivity index (χ4n) is 2.82. The van der Waals surface area contributed by atoms with Crippen molar-refractivity contribution in [3.05, 3.63) is 0 Å². The second kappa shape index (κ2) is 5.15. The normalized spacial score (nSPS) is 29.9. The third-order valence-electron chi connectivity index (χ3n) is 3.62. The van der Waals surface area contributed by atoms with Gasteiger partial charge >= 0.3 is 5.97 Å². The van der Waals surface area contributed by atoms with E-state index in [1.165, 1.54) is 7.11 Å². The molecule has 1 heterocycles. The van der Waals surface area contributed by atoms with Crippen LogP contribution in [-0.4, -0.2) is 60.5 Å². The monoisotopic (exact) mass is 257 g/mol. The van der Waals surface area contributed by atoms with Crippen molar-refractivity contribution in [2.24, 2.45) is 5.92 Å². The molecule has 2 fully saturated rings. The molecular formula is C13H23NO4. The highest BCUT2D eigenvalue weighted by molar-refractivity contribution is 5.76. The van der Waals surface area contributed by atoms with Crippen molar-refractivity contribution in [3.63, 3.8) is 0 Å². The Hall–Kier alpha value is -0.650. The predicted octanol–water partition coefficient (Wildman–Crippen LogP) is 0.410. The maximum Gasteiger partial charge on any atom is 0.323 e. The van der Waals surface area contributed by atoms with E-state index in [4.69, 9.17) is 9.47 Å². The number of hydrogen-bond donors (Lipinski definition) is 1. The average molecular weight is 257 g/mol. The summed E-state index contributed by atoms with van der Waals surface area (Å²) >= 11 is 0. The molecule has 2 unspecified atom stereocenters. The number of nitrogens with zero attached hydrogens (tertiary/aromatic N) is 1. The van der Waals surface area contributed by atoms with Gasteiger partial charge in [0.25, 0.3) is 0 Å². The molecule has 5 heteroatoms. The molecule has 1 N–H and O–H groups in total. The molecule has 0 aromatic rings. The van der Waals surface area contributed by atoms with E-state index >= 15 is 0 Å². The van der Waals surface area contributed by atoms with Gasteiger partial charge in [0.15, 0.2) is 0 Å². The van der Waals surface area contributed by atoms with Gasteiger partial charge in [-0.15, -0.1) is 0 Å². The smallest absolute Gasteiger partial charge is 0.323 e. The number of ether oxygens (including phenoxy) is 2. The maximum atomic E-state index is 11.9. The first-order valence-electron chi connectivity index (χ1n) is 6.57. The molecule has 0 aromatic carbocycles. The summed E-state index contributed by atoms with van der Waals surface area (Å²) in [5.41, 5.74) is -0.340. The fraction of sp³-hybridized carbons (Fsp3) is 0.923. The first kappa shape index (κ1) is 13.8. The second-order valence-electron chi connectivity index (χ2n) is 5.92. The van der Waals surface area contributed by atoms with Crippen LogP contribution in [0.2, 0.25) is 0 Å². The van der Waals surface area contributed by atoms with Gasteiger partial charge in [-0.3, -0.25) is 9.69 Å². The zero-order chi connectivity index (χ0) is 13.3. The van der Waals surface area contributed by atoms with Gasteiger partial charge in [0.2, 0.25) is 0 Å². The summed E-state index contributed by atoms with van der Waals surface area (Å²) < 4.78 is 10.7. The molecule has 1 aliphatic carbocycles. The van der Waals surface area contributed by atoms with Crippen molar-refractivity contribution >= 4 is 5.97 Å². The van der Waals surface area contributed by atoms with Crippen molar-refractivity contribution in [2.75, 3.05) is 26.8 Å². The number of aliphatic hydroxyl groups is 1. The number of methoxy groups -OCH3 is 1. The summed E-state index contributed by atoms with van der Waals surface area (Å²) in [5.74, 6) is 0.248. The van der Waals surface area contributed by atoms with Gasteiger partial charge in [-0.2, -0.15) is 0 Å². The van der Waals surface area contributed by atoms with Crippen LogP contribution < -0.4 is 0 Å². The van der Waals surface area contributed by atoms with Gasteiger partial charge in [-0.05, 0) is 32.6 Å². The van der Waals surface area contributed by atoms with E-state index in [2.05, 4.69) is 4.90 Å². The number of esters is 1. The lowest BCUT2D eigenvalue weighted by Gasteiger charge is -2.44. The van der Waals surface area contributed by atoms with Gasteiger partial charge in [0.1, 0.15) is 6.04 Å². The Balaban J connectivity index is 2.11. The van der Waals surface area contributed by atoms with Crippen LogP contribution in [0.3, 0.4) is 0 Å².